The molecule has 76 valence electrons. The highest BCUT2D eigenvalue weighted by molar-refractivity contribution is 5.81. The van der Waals surface area contributed by atoms with Gasteiger partial charge in [-0.1, -0.05) is 20.8 Å². The van der Waals surface area contributed by atoms with Gasteiger partial charge in [-0.15, -0.1) is 0 Å². The van der Waals surface area contributed by atoms with E-state index in [9.17, 15) is 9.59 Å². The second-order valence-electron chi connectivity index (χ2n) is 3.21. The molecule has 4 nitrogen and oxygen atoms in total. The predicted octanol–water partition coefficient (Wildman–Crippen LogP) is 0.712. The van der Waals surface area contributed by atoms with Crippen LogP contribution in [0.4, 0.5) is 0 Å². The van der Waals surface area contributed by atoms with Gasteiger partial charge in [-0.2, -0.15) is 0 Å². The van der Waals surface area contributed by atoms with E-state index in [2.05, 4.69) is 5.32 Å². The van der Waals surface area contributed by atoms with E-state index in [-0.39, 0.29) is 18.4 Å². The predicted molar refractivity (Wildman–Crippen MR) is 49.1 cm³/mol. The number of carbonyl (C=O) groups is 2. The van der Waals surface area contributed by atoms with Crippen molar-refractivity contribution >= 4 is 11.9 Å². The molecule has 0 aliphatic rings. The molecule has 0 saturated carbocycles. The highest BCUT2D eigenvalue weighted by atomic mass is 16.5. The van der Waals surface area contributed by atoms with E-state index >= 15 is 0 Å². The summed E-state index contributed by atoms with van der Waals surface area (Å²) in [5.41, 5.74) is 0. The van der Waals surface area contributed by atoms with Crippen molar-refractivity contribution in [3.8, 4) is 0 Å². The monoisotopic (exact) mass is 187 g/mol. The number of nitrogens with one attached hydrogen (secondary N) is 1. The Morgan fingerprint density at radius 1 is 1.38 bits per heavy atom. The van der Waals surface area contributed by atoms with Gasteiger partial charge in [-0.25, -0.2) is 0 Å². The van der Waals surface area contributed by atoms with Crippen molar-refractivity contribution in [1.82, 2.24) is 5.32 Å². The molecule has 0 saturated heterocycles. The molecular formula is C9H17NO3. The van der Waals surface area contributed by atoms with Crippen LogP contribution in [-0.2, 0) is 14.3 Å². The van der Waals surface area contributed by atoms with Crippen molar-refractivity contribution < 1.29 is 14.3 Å². The molecule has 0 fully saturated rings. The maximum atomic E-state index is 10.9. The molecule has 0 aromatic heterocycles. The minimum Gasteiger partial charge on any atom is -0.464 e. The summed E-state index contributed by atoms with van der Waals surface area (Å²) >= 11 is 0. The lowest BCUT2D eigenvalue weighted by molar-refractivity contribution is -0.144. The molecule has 1 amide bonds. The number of rotatable bonds is 5. The Hall–Kier alpha value is -1.06. The molecule has 0 radical (unpaired) electrons. The topological polar surface area (TPSA) is 55.4 Å². The van der Waals surface area contributed by atoms with Crippen LogP contribution in [-0.4, -0.2) is 25.0 Å². The van der Waals surface area contributed by atoms with Crippen molar-refractivity contribution in [3.05, 3.63) is 0 Å². The average Bonchev–Trinajstić information content (AvgIpc) is 2.10. The van der Waals surface area contributed by atoms with Gasteiger partial charge in [0, 0.05) is 6.42 Å². The van der Waals surface area contributed by atoms with Gasteiger partial charge in [0.2, 0.25) is 5.91 Å². The quantitative estimate of drug-likeness (QED) is 0.645. The van der Waals surface area contributed by atoms with Crippen LogP contribution < -0.4 is 5.32 Å². The second-order valence-corrected chi connectivity index (χ2v) is 3.21. The molecule has 0 aromatic rings. The molecule has 0 heterocycles. The number of hydrogen-bond donors (Lipinski definition) is 1. The summed E-state index contributed by atoms with van der Waals surface area (Å²) in [5.74, 6) is -0.192. The zero-order valence-corrected chi connectivity index (χ0v) is 8.42. The lowest BCUT2D eigenvalue weighted by atomic mass is 10.2. The fourth-order valence-corrected chi connectivity index (χ4v) is 0.606. The van der Waals surface area contributed by atoms with Gasteiger partial charge in [0.1, 0.15) is 6.54 Å². The van der Waals surface area contributed by atoms with Crippen molar-refractivity contribution in [3.63, 3.8) is 0 Å². The standard InChI is InChI=1S/C9H17NO3/c1-4-8(11)10-5-9(12)13-6-7(2)3/h7H,4-6H2,1-3H3,(H,10,11). The molecule has 0 aromatic carbocycles. The third kappa shape index (κ3) is 7.31. The smallest absolute Gasteiger partial charge is 0.325 e. The summed E-state index contributed by atoms with van der Waals surface area (Å²) in [6.07, 6.45) is 0.386. The summed E-state index contributed by atoms with van der Waals surface area (Å²) in [5, 5.41) is 2.44. The Bertz CT molecular complexity index is 178. The lowest BCUT2D eigenvalue weighted by Crippen LogP contribution is -2.30. The lowest BCUT2D eigenvalue weighted by Gasteiger charge is -2.07. The average molecular weight is 187 g/mol. The van der Waals surface area contributed by atoms with E-state index in [0.29, 0.717) is 18.9 Å². The zero-order valence-electron chi connectivity index (χ0n) is 8.42. The molecule has 0 spiro atoms. The van der Waals surface area contributed by atoms with Crippen molar-refractivity contribution in [1.29, 1.82) is 0 Å². The molecule has 0 aliphatic heterocycles. The second kappa shape index (κ2) is 6.46. The first-order chi connectivity index (χ1) is 6.06. The Balaban J connectivity index is 3.46. The van der Waals surface area contributed by atoms with Gasteiger partial charge in [0.25, 0.3) is 0 Å². The van der Waals surface area contributed by atoms with Crippen molar-refractivity contribution in [2.45, 2.75) is 27.2 Å². The van der Waals surface area contributed by atoms with Crippen LogP contribution in [0.1, 0.15) is 27.2 Å². The first-order valence-corrected chi connectivity index (χ1v) is 4.48. The van der Waals surface area contributed by atoms with Gasteiger partial charge in [-0.3, -0.25) is 9.59 Å². The fraction of sp³-hybridized carbons (Fsp3) is 0.778. The minimum absolute atomic E-state index is 0.0284. The van der Waals surface area contributed by atoms with Crippen LogP contribution in [0.3, 0.4) is 0 Å². The summed E-state index contributed by atoms with van der Waals surface area (Å²) in [6, 6.07) is 0. The van der Waals surface area contributed by atoms with Crippen molar-refractivity contribution in [2.24, 2.45) is 5.92 Å². The van der Waals surface area contributed by atoms with Gasteiger partial charge >= 0.3 is 5.97 Å². The van der Waals surface area contributed by atoms with Crippen LogP contribution in [0, 0.1) is 5.92 Å². The number of amides is 1. The first kappa shape index (κ1) is 11.9. The molecule has 4 heteroatoms. The highest BCUT2D eigenvalue weighted by Crippen LogP contribution is 1.92. The van der Waals surface area contributed by atoms with Crippen LogP contribution >= 0.6 is 0 Å². The van der Waals surface area contributed by atoms with E-state index in [1.54, 1.807) is 6.92 Å². The maximum Gasteiger partial charge on any atom is 0.325 e. The Kier molecular flexibility index (Phi) is 5.93. The Morgan fingerprint density at radius 2 is 2.00 bits per heavy atom. The minimum atomic E-state index is -0.379. The number of esters is 1. The first-order valence-electron chi connectivity index (χ1n) is 4.48. The van der Waals surface area contributed by atoms with Gasteiger partial charge in [0.05, 0.1) is 6.61 Å². The largest absolute Gasteiger partial charge is 0.464 e. The molecule has 0 unspecified atom stereocenters. The Labute approximate surface area is 78.6 Å². The summed E-state index contributed by atoms with van der Waals surface area (Å²) in [7, 11) is 0. The van der Waals surface area contributed by atoms with Gasteiger partial charge in [-0.05, 0) is 5.92 Å². The van der Waals surface area contributed by atoms with Crippen LogP contribution in [0.5, 0.6) is 0 Å². The fourth-order valence-electron chi connectivity index (χ4n) is 0.606. The SMILES string of the molecule is CCC(=O)NCC(=O)OCC(C)C. The van der Waals surface area contributed by atoms with Crippen LogP contribution in [0.2, 0.25) is 0 Å². The molecule has 0 rings (SSSR count). The zero-order chi connectivity index (χ0) is 10.3. The van der Waals surface area contributed by atoms with E-state index in [4.69, 9.17) is 4.74 Å². The highest BCUT2D eigenvalue weighted by Gasteiger charge is 2.05. The van der Waals surface area contributed by atoms with E-state index in [1.165, 1.54) is 0 Å². The summed E-state index contributed by atoms with van der Waals surface area (Å²) in [6.45, 7) is 6.02. The molecule has 0 aliphatic carbocycles. The maximum absolute atomic E-state index is 10.9. The van der Waals surface area contributed by atoms with Crippen LogP contribution in [0.15, 0.2) is 0 Å². The summed E-state index contributed by atoms with van der Waals surface area (Å²) < 4.78 is 4.84. The van der Waals surface area contributed by atoms with Gasteiger partial charge < -0.3 is 10.1 Å². The third-order valence-electron chi connectivity index (χ3n) is 1.33. The van der Waals surface area contributed by atoms with Crippen molar-refractivity contribution in [2.75, 3.05) is 13.2 Å². The third-order valence-corrected chi connectivity index (χ3v) is 1.33. The number of hydrogen-bond acceptors (Lipinski definition) is 3. The van der Waals surface area contributed by atoms with E-state index in [0.717, 1.165) is 0 Å². The summed E-state index contributed by atoms with van der Waals surface area (Å²) in [4.78, 5) is 21.7. The molecule has 0 atom stereocenters. The molecule has 13 heavy (non-hydrogen) atoms. The van der Waals surface area contributed by atoms with Gasteiger partial charge in [0.15, 0.2) is 0 Å². The normalized spacial score (nSPS) is 9.85. The van der Waals surface area contributed by atoms with Crippen LogP contribution in [0.25, 0.3) is 0 Å². The van der Waals surface area contributed by atoms with E-state index in [1.807, 2.05) is 13.8 Å². The molecular weight excluding hydrogens is 170 g/mol. The number of carbonyl (C=O) groups excluding carboxylic acids is 2. The molecule has 1 N–H and O–H groups in total. The number of ether oxygens (including phenoxy) is 1. The Morgan fingerprint density at radius 3 is 2.46 bits per heavy atom. The van der Waals surface area contributed by atoms with E-state index < -0.39 is 0 Å². The molecule has 0 bridgehead atoms.